The lowest BCUT2D eigenvalue weighted by molar-refractivity contribution is -0.140. The number of hydrogen-bond donors (Lipinski definition) is 0. The first-order valence-corrected chi connectivity index (χ1v) is 7.45. The van der Waals surface area contributed by atoms with Gasteiger partial charge in [0.05, 0.1) is 18.9 Å². The third-order valence-corrected chi connectivity index (χ3v) is 6.28. The van der Waals surface area contributed by atoms with Gasteiger partial charge in [0.25, 0.3) is 0 Å². The molecule has 1 fully saturated rings. The molecule has 0 N–H and O–H groups in total. The van der Waals surface area contributed by atoms with Crippen molar-refractivity contribution >= 4 is 13.2 Å². The molecule has 1 rings (SSSR count). The summed E-state index contributed by atoms with van der Waals surface area (Å²) in [4.78, 5) is 11.2. The maximum atomic E-state index is 11.2. The normalized spacial score (nSPS) is 19.2. The van der Waals surface area contributed by atoms with Gasteiger partial charge in [0.2, 0.25) is 0 Å². The summed E-state index contributed by atoms with van der Waals surface area (Å²) in [6, 6.07) is 0. The van der Waals surface area contributed by atoms with Crippen LogP contribution in [-0.4, -0.2) is 37.7 Å². The molecule has 0 unspecified atom stereocenters. The first-order valence-electron chi connectivity index (χ1n) is 4.65. The summed E-state index contributed by atoms with van der Waals surface area (Å²) in [6.07, 6.45) is 5.96. The van der Waals surface area contributed by atoms with E-state index in [1.807, 2.05) is 6.92 Å². The van der Waals surface area contributed by atoms with E-state index < -0.39 is 7.26 Å². The van der Waals surface area contributed by atoms with E-state index in [0.717, 1.165) is 6.16 Å². The molecular formula is C9H18ClO2P. The zero-order chi connectivity index (χ0) is 9.03. The monoisotopic (exact) mass is 224 g/mol. The molecule has 0 saturated carbocycles. The van der Waals surface area contributed by atoms with E-state index in [-0.39, 0.29) is 18.4 Å². The highest BCUT2D eigenvalue weighted by molar-refractivity contribution is 7.76. The Bertz CT molecular complexity index is 167. The molecule has 0 amide bonds. The van der Waals surface area contributed by atoms with Crippen LogP contribution in [0.3, 0.4) is 0 Å². The van der Waals surface area contributed by atoms with Crippen LogP contribution < -0.4 is 12.4 Å². The summed E-state index contributed by atoms with van der Waals surface area (Å²) >= 11 is 0. The van der Waals surface area contributed by atoms with Crippen molar-refractivity contribution < 1.29 is 21.9 Å². The minimum Gasteiger partial charge on any atom is -1.00 e. The van der Waals surface area contributed by atoms with Gasteiger partial charge in [-0.15, -0.1) is 0 Å². The van der Waals surface area contributed by atoms with Crippen LogP contribution in [0.1, 0.15) is 19.8 Å². The van der Waals surface area contributed by atoms with E-state index in [1.54, 1.807) is 0 Å². The predicted molar refractivity (Wildman–Crippen MR) is 53.3 cm³/mol. The highest BCUT2D eigenvalue weighted by Crippen LogP contribution is 2.60. The SMILES string of the molecule is CCOC(=O)C[P+]1(C)CCCC1.[Cl-]. The minimum absolute atomic E-state index is 0. The number of ether oxygens (including phenoxy) is 1. The summed E-state index contributed by atoms with van der Waals surface area (Å²) < 4.78 is 4.96. The van der Waals surface area contributed by atoms with Gasteiger partial charge in [0.1, 0.15) is 0 Å². The molecule has 0 radical (unpaired) electrons. The highest BCUT2D eigenvalue weighted by atomic mass is 35.5. The van der Waals surface area contributed by atoms with Gasteiger partial charge in [-0.2, -0.15) is 0 Å². The second-order valence-electron chi connectivity index (χ2n) is 3.74. The van der Waals surface area contributed by atoms with Crippen molar-refractivity contribution in [2.24, 2.45) is 0 Å². The third kappa shape index (κ3) is 4.28. The van der Waals surface area contributed by atoms with Gasteiger partial charge >= 0.3 is 5.97 Å². The fraction of sp³-hybridized carbons (Fsp3) is 0.889. The molecule has 0 spiro atoms. The number of carbonyl (C=O) groups is 1. The van der Waals surface area contributed by atoms with Crippen LogP contribution in [0.5, 0.6) is 0 Å². The van der Waals surface area contributed by atoms with Crippen LogP contribution in [0.25, 0.3) is 0 Å². The molecule has 0 aliphatic carbocycles. The molecule has 1 aliphatic heterocycles. The number of halogens is 1. The number of carbonyl (C=O) groups excluding carboxylic acids is 1. The largest absolute Gasteiger partial charge is 1.00 e. The second kappa shape index (κ2) is 5.82. The number of esters is 1. The van der Waals surface area contributed by atoms with Crippen LogP contribution in [0.15, 0.2) is 0 Å². The van der Waals surface area contributed by atoms with Crippen molar-refractivity contribution in [1.82, 2.24) is 0 Å². The highest BCUT2D eigenvalue weighted by Gasteiger charge is 2.38. The fourth-order valence-corrected chi connectivity index (χ4v) is 5.00. The van der Waals surface area contributed by atoms with Crippen molar-refractivity contribution in [3.63, 3.8) is 0 Å². The van der Waals surface area contributed by atoms with Crippen molar-refractivity contribution in [2.45, 2.75) is 19.8 Å². The van der Waals surface area contributed by atoms with Crippen LogP contribution in [0, 0.1) is 0 Å². The Kier molecular flexibility index (Phi) is 5.91. The van der Waals surface area contributed by atoms with Gasteiger partial charge in [0.15, 0.2) is 6.16 Å². The molecule has 1 saturated heterocycles. The molecule has 0 aromatic rings. The average molecular weight is 225 g/mol. The van der Waals surface area contributed by atoms with Crippen LogP contribution in [-0.2, 0) is 9.53 Å². The zero-order valence-corrected chi connectivity index (χ0v) is 10.0. The van der Waals surface area contributed by atoms with Crippen LogP contribution in [0.2, 0.25) is 0 Å². The maximum absolute atomic E-state index is 11.2. The van der Waals surface area contributed by atoms with E-state index in [1.165, 1.54) is 25.2 Å². The van der Waals surface area contributed by atoms with Crippen molar-refractivity contribution in [3.05, 3.63) is 0 Å². The molecule has 0 atom stereocenters. The Labute approximate surface area is 87.2 Å². The molecular weight excluding hydrogens is 207 g/mol. The maximum Gasteiger partial charge on any atom is 0.343 e. The zero-order valence-electron chi connectivity index (χ0n) is 8.38. The van der Waals surface area contributed by atoms with Crippen molar-refractivity contribution in [2.75, 3.05) is 31.8 Å². The Morgan fingerprint density at radius 2 is 1.92 bits per heavy atom. The summed E-state index contributed by atoms with van der Waals surface area (Å²) in [5.41, 5.74) is 0. The van der Waals surface area contributed by atoms with E-state index in [4.69, 9.17) is 4.74 Å². The van der Waals surface area contributed by atoms with Gasteiger partial charge in [0, 0.05) is 13.9 Å². The predicted octanol–water partition coefficient (Wildman–Crippen LogP) is -1.01. The molecule has 2 nitrogen and oxygen atoms in total. The lowest BCUT2D eigenvalue weighted by Gasteiger charge is -2.14. The van der Waals surface area contributed by atoms with Gasteiger partial charge in [-0.3, -0.25) is 0 Å². The Morgan fingerprint density at radius 3 is 2.38 bits per heavy atom. The lowest BCUT2D eigenvalue weighted by Crippen LogP contribution is -3.00. The van der Waals surface area contributed by atoms with Gasteiger partial charge in [-0.05, 0) is 19.8 Å². The summed E-state index contributed by atoms with van der Waals surface area (Å²) in [7, 11) is -0.880. The smallest absolute Gasteiger partial charge is 0.343 e. The van der Waals surface area contributed by atoms with Crippen molar-refractivity contribution in [1.29, 1.82) is 0 Å². The van der Waals surface area contributed by atoms with E-state index in [9.17, 15) is 4.79 Å². The van der Waals surface area contributed by atoms with Crippen LogP contribution >= 0.6 is 7.26 Å². The van der Waals surface area contributed by atoms with Crippen LogP contribution in [0.4, 0.5) is 0 Å². The molecule has 1 heterocycles. The Morgan fingerprint density at radius 1 is 1.38 bits per heavy atom. The molecule has 0 bridgehead atoms. The first kappa shape index (κ1) is 13.2. The molecule has 1 aliphatic rings. The lowest BCUT2D eigenvalue weighted by atomic mass is 10.4. The molecule has 78 valence electrons. The number of rotatable bonds is 3. The number of hydrogen-bond acceptors (Lipinski definition) is 2. The third-order valence-electron chi connectivity index (χ3n) is 2.46. The molecule has 4 heteroatoms. The average Bonchev–Trinajstić information content (AvgIpc) is 2.36. The fourth-order valence-electron chi connectivity index (χ4n) is 1.78. The second-order valence-corrected chi connectivity index (χ2v) is 8.19. The molecule has 0 aromatic carbocycles. The topological polar surface area (TPSA) is 26.3 Å². The van der Waals surface area contributed by atoms with Gasteiger partial charge in [-0.1, -0.05) is 0 Å². The summed E-state index contributed by atoms with van der Waals surface area (Å²) in [5, 5.41) is 0. The van der Waals surface area contributed by atoms with E-state index in [2.05, 4.69) is 6.66 Å². The van der Waals surface area contributed by atoms with E-state index in [0.29, 0.717) is 6.61 Å². The van der Waals surface area contributed by atoms with Gasteiger partial charge < -0.3 is 17.1 Å². The minimum atomic E-state index is -0.880. The first-order chi connectivity index (χ1) is 5.66. The summed E-state index contributed by atoms with van der Waals surface area (Å²) in [5.74, 6) is 0.0234. The molecule has 0 aromatic heterocycles. The Hall–Kier alpha value is 0.190. The standard InChI is InChI=1S/C9H18O2P.ClH/c1-3-11-9(10)8-12(2)6-4-5-7-12;/h3-8H2,1-2H3;1H/q+1;/p-1. The van der Waals surface area contributed by atoms with Gasteiger partial charge in [-0.25, -0.2) is 4.79 Å². The molecule has 13 heavy (non-hydrogen) atoms. The Balaban J connectivity index is 0.00000144. The van der Waals surface area contributed by atoms with Crippen molar-refractivity contribution in [3.8, 4) is 0 Å². The summed E-state index contributed by atoms with van der Waals surface area (Å²) in [6.45, 7) is 4.70. The van der Waals surface area contributed by atoms with E-state index >= 15 is 0 Å². The quantitative estimate of drug-likeness (QED) is 0.454.